The molecule has 0 aromatic heterocycles. The Balaban J connectivity index is 1.58. The molecule has 4 rings (SSSR count). The predicted molar refractivity (Wildman–Crippen MR) is 107 cm³/mol. The predicted octanol–water partition coefficient (Wildman–Crippen LogP) is 2.72. The molecule has 1 saturated carbocycles. The highest BCUT2D eigenvalue weighted by molar-refractivity contribution is 6.23. The molecule has 0 bridgehead atoms. The van der Waals surface area contributed by atoms with Gasteiger partial charge in [-0.05, 0) is 61.4 Å². The van der Waals surface area contributed by atoms with Crippen LogP contribution >= 0.6 is 0 Å². The maximum absolute atomic E-state index is 13.2. The van der Waals surface area contributed by atoms with E-state index >= 15 is 0 Å². The van der Waals surface area contributed by atoms with Gasteiger partial charge in [-0.3, -0.25) is 19.2 Å². The van der Waals surface area contributed by atoms with E-state index in [9.17, 15) is 23.6 Å². The zero-order chi connectivity index (χ0) is 21.4. The van der Waals surface area contributed by atoms with Gasteiger partial charge in [0.15, 0.2) is 0 Å². The molecule has 1 heterocycles. The van der Waals surface area contributed by atoms with E-state index in [4.69, 9.17) is 0 Å². The highest BCUT2D eigenvalue weighted by Gasteiger charge is 2.48. The zero-order valence-electron chi connectivity index (χ0n) is 16.3. The fraction of sp³-hybridized carbons (Fsp3) is 0.273. The van der Waals surface area contributed by atoms with Crippen molar-refractivity contribution in [1.82, 2.24) is 4.90 Å². The Labute approximate surface area is 172 Å². The van der Waals surface area contributed by atoms with Gasteiger partial charge in [0, 0.05) is 24.2 Å². The monoisotopic (exact) mass is 409 g/mol. The van der Waals surface area contributed by atoms with Crippen molar-refractivity contribution in [3.63, 3.8) is 0 Å². The number of anilines is 2. The minimum Gasteiger partial charge on any atom is -0.326 e. The van der Waals surface area contributed by atoms with Crippen LogP contribution in [0.3, 0.4) is 0 Å². The lowest BCUT2D eigenvalue weighted by Crippen LogP contribution is -2.46. The minimum atomic E-state index is -0.891. The normalized spacial score (nSPS) is 18.5. The van der Waals surface area contributed by atoms with Crippen LogP contribution in [-0.4, -0.2) is 40.6 Å². The number of benzene rings is 2. The van der Waals surface area contributed by atoms with Crippen LogP contribution in [0.5, 0.6) is 0 Å². The van der Waals surface area contributed by atoms with E-state index in [1.54, 1.807) is 24.3 Å². The van der Waals surface area contributed by atoms with Crippen LogP contribution in [-0.2, 0) is 14.4 Å². The van der Waals surface area contributed by atoms with Crippen LogP contribution in [0.25, 0.3) is 0 Å². The third kappa shape index (κ3) is 3.80. The summed E-state index contributed by atoms with van der Waals surface area (Å²) in [6.45, 7) is 1.39. The standard InChI is InChI=1S/C22H20FN3O4/c1-13(27)24-16-6-8-18(9-7-16)26-20(28)12-19(22(26)30)25(17-10-11-17)21(29)14-2-4-15(23)5-3-14/h2-9,17,19H,10-12H2,1H3,(H,24,27). The number of carbonyl (C=O) groups excluding carboxylic acids is 4. The van der Waals surface area contributed by atoms with Gasteiger partial charge in [-0.1, -0.05) is 0 Å². The number of imide groups is 1. The molecule has 2 fully saturated rings. The summed E-state index contributed by atoms with van der Waals surface area (Å²) in [5.41, 5.74) is 1.21. The molecule has 8 heteroatoms. The summed E-state index contributed by atoms with van der Waals surface area (Å²) in [7, 11) is 0. The maximum Gasteiger partial charge on any atom is 0.257 e. The molecule has 1 N–H and O–H groups in total. The van der Waals surface area contributed by atoms with Gasteiger partial charge < -0.3 is 10.2 Å². The van der Waals surface area contributed by atoms with Gasteiger partial charge in [-0.25, -0.2) is 9.29 Å². The Kier molecular flexibility index (Phi) is 5.07. The van der Waals surface area contributed by atoms with Crippen molar-refractivity contribution in [2.45, 2.75) is 38.3 Å². The van der Waals surface area contributed by atoms with Crippen molar-refractivity contribution in [3.05, 3.63) is 59.9 Å². The summed E-state index contributed by atoms with van der Waals surface area (Å²) in [6, 6.07) is 10.5. The topological polar surface area (TPSA) is 86.8 Å². The van der Waals surface area contributed by atoms with Gasteiger partial charge >= 0.3 is 0 Å². The molecule has 1 aliphatic heterocycles. The van der Waals surface area contributed by atoms with Gasteiger partial charge in [-0.15, -0.1) is 0 Å². The Morgan fingerprint density at radius 3 is 2.23 bits per heavy atom. The summed E-state index contributed by atoms with van der Waals surface area (Å²) in [5.74, 6) is -1.92. The van der Waals surface area contributed by atoms with Gasteiger partial charge in [-0.2, -0.15) is 0 Å². The van der Waals surface area contributed by atoms with Crippen molar-refractivity contribution in [2.24, 2.45) is 0 Å². The molecule has 1 saturated heterocycles. The van der Waals surface area contributed by atoms with E-state index in [2.05, 4.69) is 5.32 Å². The Morgan fingerprint density at radius 1 is 1.03 bits per heavy atom. The van der Waals surface area contributed by atoms with Gasteiger partial charge in [0.2, 0.25) is 11.8 Å². The molecule has 2 aromatic rings. The number of hydrogen-bond donors (Lipinski definition) is 1. The first-order valence-corrected chi connectivity index (χ1v) is 9.68. The van der Waals surface area contributed by atoms with E-state index in [1.165, 1.54) is 36.1 Å². The average molecular weight is 409 g/mol. The van der Waals surface area contributed by atoms with Gasteiger partial charge in [0.05, 0.1) is 12.1 Å². The zero-order valence-corrected chi connectivity index (χ0v) is 16.3. The molecule has 154 valence electrons. The molecule has 30 heavy (non-hydrogen) atoms. The van der Waals surface area contributed by atoms with E-state index in [0.29, 0.717) is 11.4 Å². The molecule has 1 atom stereocenters. The van der Waals surface area contributed by atoms with Crippen LogP contribution in [0, 0.1) is 5.82 Å². The fourth-order valence-corrected chi connectivity index (χ4v) is 3.66. The molecule has 4 amide bonds. The molecule has 1 aliphatic carbocycles. The number of nitrogens with one attached hydrogen (secondary N) is 1. The van der Waals surface area contributed by atoms with Crippen LogP contribution in [0.15, 0.2) is 48.5 Å². The smallest absolute Gasteiger partial charge is 0.257 e. The fourth-order valence-electron chi connectivity index (χ4n) is 3.66. The lowest BCUT2D eigenvalue weighted by Gasteiger charge is -2.27. The van der Waals surface area contributed by atoms with Crippen LogP contribution in [0.4, 0.5) is 15.8 Å². The van der Waals surface area contributed by atoms with Crippen molar-refractivity contribution in [3.8, 4) is 0 Å². The lowest BCUT2D eigenvalue weighted by molar-refractivity contribution is -0.122. The van der Waals surface area contributed by atoms with Crippen LogP contribution in [0.1, 0.15) is 36.5 Å². The van der Waals surface area contributed by atoms with Crippen LogP contribution in [0.2, 0.25) is 0 Å². The number of amides is 4. The second kappa shape index (κ2) is 7.70. The van der Waals surface area contributed by atoms with Crippen LogP contribution < -0.4 is 10.2 Å². The molecular weight excluding hydrogens is 389 g/mol. The molecular formula is C22H20FN3O4. The first-order valence-electron chi connectivity index (χ1n) is 9.68. The Bertz CT molecular complexity index is 1020. The lowest BCUT2D eigenvalue weighted by atomic mass is 10.1. The first-order chi connectivity index (χ1) is 14.3. The van der Waals surface area contributed by atoms with Crippen molar-refractivity contribution >= 4 is 35.0 Å². The highest BCUT2D eigenvalue weighted by atomic mass is 19.1. The summed E-state index contributed by atoms with van der Waals surface area (Å²) >= 11 is 0. The molecule has 2 aliphatic rings. The molecule has 7 nitrogen and oxygen atoms in total. The Hall–Kier alpha value is -3.55. The van der Waals surface area contributed by atoms with E-state index in [1.807, 2.05) is 0 Å². The number of hydrogen-bond acceptors (Lipinski definition) is 4. The minimum absolute atomic E-state index is 0.101. The number of carbonyl (C=O) groups is 4. The number of rotatable bonds is 5. The average Bonchev–Trinajstić information content (AvgIpc) is 3.49. The SMILES string of the molecule is CC(=O)Nc1ccc(N2C(=O)CC(N(C(=O)c3ccc(F)cc3)C3CC3)C2=O)cc1. The molecule has 1 unspecified atom stereocenters. The van der Waals surface area contributed by atoms with Crippen molar-refractivity contribution in [1.29, 1.82) is 0 Å². The quantitative estimate of drug-likeness (QED) is 0.770. The summed E-state index contributed by atoms with van der Waals surface area (Å²) in [5, 5.41) is 2.63. The summed E-state index contributed by atoms with van der Waals surface area (Å²) in [6.07, 6.45) is 1.42. The number of nitrogens with zero attached hydrogens (tertiary/aromatic N) is 2. The third-order valence-corrected chi connectivity index (χ3v) is 5.17. The maximum atomic E-state index is 13.2. The number of halogens is 1. The summed E-state index contributed by atoms with van der Waals surface area (Å²) < 4.78 is 13.2. The van der Waals surface area contributed by atoms with Gasteiger partial charge in [0.1, 0.15) is 11.9 Å². The molecule has 0 radical (unpaired) electrons. The third-order valence-electron chi connectivity index (χ3n) is 5.17. The summed E-state index contributed by atoms with van der Waals surface area (Å²) in [4.78, 5) is 52.5. The van der Waals surface area contributed by atoms with Crippen molar-refractivity contribution < 1.29 is 23.6 Å². The second-order valence-electron chi connectivity index (χ2n) is 7.47. The van der Waals surface area contributed by atoms with E-state index in [-0.39, 0.29) is 29.8 Å². The largest absolute Gasteiger partial charge is 0.326 e. The molecule has 2 aromatic carbocycles. The second-order valence-corrected chi connectivity index (χ2v) is 7.47. The first kappa shape index (κ1) is 19.8. The molecule has 0 spiro atoms. The van der Waals surface area contributed by atoms with E-state index < -0.39 is 23.7 Å². The Morgan fingerprint density at radius 2 is 1.67 bits per heavy atom. The van der Waals surface area contributed by atoms with E-state index in [0.717, 1.165) is 17.7 Å². The van der Waals surface area contributed by atoms with Crippen molar-refractivity contribution in [2.75, 3.05) is 10.2 Å². The highest BCUT2D eigenvalue weighted by Crippen LogP contribution is 2.35. The van der Waals surface area contributed by atoms with Gasteiger partial charge in [0.25, 0.3) is 11.8 Å².